The van der Waals surface area contributed by atoms with Crippen LogP contribution in [0, 0.1) is 5.41 Å². The van der Waals surface area contributed by atoms with Crippen LogP contribution in [0.3, 0.4) is 0 Å². The van der Waals surface area contributed by atoms with Crippen molar-refractivity contribution in [1.82, 2.24) is 0 Å². The van der Waals surface area contributed by atoms with Crippen molar-refractivity contribution in [3.8, 4) is 0 Å². The SMILES string of the molecule is CC1(C)C2=[N+](CC(C)(C)C3OC4CCN5C(=C4C=C23)C(C)(CCCCCO)c2c5ccc3ccccc23)c2ccc3ccccc3c21. The first-order valence-corrected chi connectivity index (χ1v) is 17.8. The lowest BCUT2D eigenvalue weighted by Gasteiger charge is -2.47. The van der Waals surface area contributed by atoms with E-state index in [4.69, 9.17) is 4.74 Å². The monoisotopic (exact) mass is 623 g/mol. The molecule has 4 nitrogen and oxygen atoms in total. The molecular weight excluding hydrogens is 576 g/mol. The van der Waals surface area contributed by atoms with Crippen LogP contribution in [0.25, 0.3) is 21.5 Å². The minimum absolute atomic E-state index is 0.0472. The quantitative estimate of drug-likeness (QED) is 0.178. The minimum Gasteiger partial charge on any atom is -0.396 e. The van der Waals surface area contributed by atoms with Crippen molar-refractivity contribution in [2.75, 3.05) is 24.6 Å². The van der Waals surface area contributed by atoms with Crippen LogP contribution < -0.4 is 4.90 Å². The molecule has 5 heterocycles. The van der Waals surface area contributed by atoms with E-state index in [0.717, 1.165) is 45.2 Å². The third-order valence-corrected chi connectivity index (χ3v) is 12.2. The molecule has 0 aromatic heterocycles. The summed E-state index contributed by atoms with van der Waals surface area (Å²) < 4.78 is 10.0. The van der Waals surface area contributed by atoms with Gasteiger partial charge in [-0.3, -0.25) is 0 Å². The summed E-state index contributed by atoms with van der Waals surface area (Å²) in [6, 6.07) is 27.2. The predicted molar refractivity (Wildman–Crippen MR) is 193 cm³/mol. The van der Waals surface area contributed by atoms with E-state index in [0.29, 0.717) is 0 Å². The molecule has 240 valence electrons. The second-order valence-electron chi connectivity index (χ2n) is 16.1. The molecule has 0 radical (unpaired) electrons. The van der Waals surface area contributed by atoms with E-state index in [1.54, 1.807) is 0 Å². The number of aliphatic hydroxyl groups excluding tert-OH is 1. The molecule has 1 N–H and O–H groups in total. The number of hydrogen-bond acceptors (Lipinski definition) is 3. The van der Waals surface area contributed by atoms with Gasteiger partial charge < -0.3 is 14.7 Å². The summed E-state index contributed by atoms with van der Waals surface area (Å²) >= 11 is 0. The van der Waals surface area contributed by atoms with E-state index in [9.17, 15) is 5.11 Å². The summed E-state index contributed by atoms with van der Waals surface area (Å²) in [5.74, 6) is 0. The molecule has 3 unspecified atom stereocenters. The maximum Gasteiger partial charge on any atom is 0.210 e. The Bertz CT molecular complexity index is 2080. The molecule has 4 heteroatoms. The van der Waals surface area contributed by atoms with Gasteiger partial charge in [0.25, 0.3) is 0 Å². The number of allylic oxidation sites excluding steroid dienone is 1. The lowest BCUT2D eigenvalue weighted by atomic mass is 9.68. The first-order chi connectivity index (χ1) is 22.6. The maximum absolute atomic E-state index is 9.61. The number of rotatable bonds is 5. The average molecular weight is 624 g/mol. The Labute approximate surface area is 279 Å². The summed E-state index contributed by atoms with van der Waals surface area (Å²) in [5, 5.41) is 15.0. The van der Waals surface area contributed by atoms with Crippen molar-refractivity contribution in [3.05, 3.63) is 107 Å². The Morgan fingerprint density at radius 2 is 1.53 bits per heavy atom. The topological polar surface area (TPSA) is 35.7 Å². The third kappa shape index (κ3) is 3.98. The van der Waals surface area contributed by atoms with Gasteiger partial charge in [-0.25, -0.2) is 0 Å². The van der Waals surface area contributed by atoms with Gasteiger partial charge in [-0.15, -0.1) is 0 Å². The number of fused-ring (bicyclic) bond motifs is 12. The van der Waals surface area contributed by atoms with Crippen LogP contribution in [0.5, 0.6) is 0 Å². The van der Waals surface area contributed by atoms with Crippen molar-refractivity contribution >= 4 is 38.6 Å². The Morgan fingerprint density at radius 1 is 0.830 bits per heavy atom. The van der Waals surface area contributed by atoms with Crippen LogP contribution in [0.1, 0.15) is 77.8 Å². The summed E-state index contributed by atoms with van der Waals surface area (Å²) in [4.78, 5) is 2.65. The van der Waals surface area contributed by atoms with E-state index in [2.05, 4.69) is 123 Å². The molecule has 0 saturated heterocycles. The van der Waals surface area contributed by atoms with Gasteiger partial charge in [0.15, 0.2) is 12.3 Å². The summed E-state index contributed by atoms with van der Waals surface area (Å²) in [6.45, 7) is 14.4. The van der Waals surface area contributed by atoms with Gasteiger partial charge in [-0.05, 0) is 85.4 Å². The lowest BCUT2D eigenvalue weighted by Crippen LogP contribution is -2.54. The van der Waals surface area contributed by atoms with Gasteiger partial charge >= 0.3 is 0 Å². The molecule has 4 aromatic rings. The molecule has 0 aliphatic carbocycles. The first-order valence-electron chi connectivity index (χ1n) is 17.8. The highest BCUT2D eigenvalue weighted by molar-refractivity contribution is 6.12. The highest BCUT2D eigenvalue weighted by Crippen LogP contribution is 2.59. The Balaban J connectivity index is 1.28. The number of ether oxygens (including phenoxy) is 1. The number of benzene rings is 4. The van der Waals surface area contributed by atoms with Gasteiger partial charge in [0.05, 0.1) is 16.9 Å². The van der Waals surface area contributed by atoms with Crippen LogP contribution >= 0.6 is 0 Å². The van der Waals surface area contributed by atoms with E-state index in [1.807, 2.05) is 0 Å². The van der Waals surface area contributed by atoms with E-state index in [1.165, 1.54) is 66.6 Å². The standard InChI is InChI=1S/C43H47N2O2/c1-41(2)26-45-33-19-17-27-13-7-9-15-29(27)36(33)42(3,4)38(45)32-25-31-35(47-40(32)41)21-23-44-34-20-18-28-14-8-10-16-30(28)37(34)43(5,39(31)44)22-11-6-12-24-46/h7-10,13-20,25,35,40,46H,6,11-12,21-24,26H2,1-5H3/q+1. The van der Waals surface area contributed by atoms with Gasteiger partial charge in [0, 0.05) is 52.7 Å². The van der Waals surface area contributed by atoms with Crippen LogP contribution in [0.2, 0.25) is 0 Å². The molecule has 9 rings (SSSR count). The zero-order valence-electron chi connectivity index (χ0n) is 28.6. The molecule has 0 spiro atoms. The smallest absolute Gasteiger partial charge is 0.210 e. The Hall–Kier alpha value is -3.73. The molecule has 0 saturated carbocycles. The normalized spacial score (nSPS) is 26.5. The second-order valence-corrected chi connectivity index (χ2v) is 16.1. The van der Waals surface area contributed by atoms with Gasteiger partial charge in [-0.1, -0.05) is 81.3 Å². The van der Waals surface area contributed by atoms with Crippen molar-refractivity contribution in [2.45, 2.75) is 89.8 Å². The van der Waals surface area contributed by atoms with E-state index in [-0.39, 0.29) is 35.1 Å². The van der Waals surface area contributed by atoms with Crippen LogP contribution in [-0.2, 0) is 15.6 Å². The number of aliphatic hydroxyl groups is 1. The fourth-order valence-corrected chi connectivity index (χ4v) is 10.3. The number of hydrogen-bond donors (Lipinski definition) is 1. The fraction of sp³-hybridized carbons (Fsp3) is 0.419. The van der Waals surface area contributed by atoms with E-state index >= 15 is 0 Å². The largest absolute Gasteiger partial charge is 0.396 e. The summed E-state index contributed by atoms with van der Waals surface area (Å²) in [5.41, 5.74) is 10.9. The number of anilines is 1. The van der Waals surface area contributed by atoms with Crippen LogP contribution in [0.4, 0.5) is 11.4 Å². The molecule has 5 aliphatic rings. The van der Waals surface area contributed by atoms with Crippen LogP contribution in [-0.4, -0.2) is 47.3 Å². The van der Waals surface area contributed by atoms with Crippen molar-refractivity contribution in [1.29, 1.82) is 0 Å². The first kappa shape index (κ1) is 29.4. The minimum atomic E-state index is -0.158. The highest BCUT2D eigenvalue weighted by atomic mass is 16.5. The number of unbranched alkanes of at least 4 members (excludes halogenated alkanes) is 2. The second kappa shape index (κ2) is 10.1. The zero-order valence-corrected chi connectivity index (χ0v) is 28.6. The molecule has 0 bridgehead atoms. The van der Waals surface area contributed by atoms with Gasteiger partial charge in [-0.2, -0.15) is 4.58 Å². The molecule has 47 heavy (non-hydrogen) atoms. The molecule has 5 aliphatic heterocycles. The summed E-state index contributed by atoms with van der Waals surface area (Å²) in [6.07, 6.45) is 7.79. The van der Waals surface area contributed by atoms with Crippen LogP contribution in [0.15, 0.2) is 95.7 Å². The van der Waals surface area contributed by atoms with Crippen molar-refractivity contribution in [3.63, 3.8) is 0 Å². The highest BCUT2D eigenvalue weighted by Gasteiger charge is 2.59. The molecule has 0 amide bonds. The Morgan fingerprint density at radius 3 is 2.28 bits per heavy atom. The summed E-state index contributed by atoms with van der Waals surface area (Å²) in [7, 11) is 0. The third-order valence-electron chi connectivity index (χ3n) is 12.2. The van der Waals surface area contributed by atoms with Crippen molar-refractivity contribution < 1.29 is 14.4 Å². The molecule has 3 atom stereocenters. The Kier molecular flexibility index (Phi) is 6.34. The predicted octanol–water partition coefficient (Wildman–Crippen LogP) is 9.09. The molecular formula is C43H47N2O2+. The number of nitrogens with zero attached hydrogens (tertiary/aromatic N) is 2. The lowest BCUT2D eigenvalue weighted by molar-refractivity contribution is -0.466. The molecule has 0 fully saturated rings. The van der Waals surface area contributed by atoms with Gasteiger partial charge in [0.1, 0.15) is 6.10 Å². The fourth-order valence-electron chi connectivity index (χ4n) is 10.3. The molecule has 4 aromatic carbocycles. The zero-order chi connectivity index (χ0) is 32.3. The average Bonchev–Trinajstić information content (AvgIpc) is 3.46. The van der Waals surface area contributed by atoms with E-state index < -0.39 is 0 Å². The van der Waals surface area contributed by atoms with Gasteiger partial charge in [0.2, 0.25) is 5.69 Å². The maximum atomic E-state index is 9.61. The van der Waals surface area contributed by atoms with Crippen molar-refractivity contribution in [2.24, 2.45) is 5.41 Å².